The highest BCUT2D eigenvalue weighted by Crippen LogP contribution is 2.29. The number of benzene rings is 2. The first kappa shape index (κ1) is 20.4. The first-order chi connectivity index (χ1) is 14.4. The molecule has 0 fully saturated rings. The molecule has 1 aliphatic heterocycles. The molecule has 30 heavy (non-hydrogen) atoms. The van der Waals surface area contributed by atoms with Crippen LogP contribution in [0.5, 0.6) is 5.75 Å². The number of cyclic esters (lactones) is 1. The van der Waals surface area contributed by atoms with E-state index in [0.29, 0.717) is 20.8 Å². The molecule has 2 heterocycles. The normalized spacial score (nSPS) is 14.6. The van der Waals surface area contributed by atoms with Gasteiger partial charge in [-0.25, -0.2) is 14.6 Å². The number of rotatable bonds is 4. The largest absolute Gasteiger partial charge is 0.459 e. The van der Waals surface area contributed by atoms with Crippen LogP contribution in [0.4, 0.5) is 0 Å². The van der Waals surface area contributed by atoms with Crippen molar-refractivity contribution in [3.63, 3.8) is 0 Å². The zero-order valence-electron chi connectivity index (χ0n) is 14.9. The Morgan fingerprint density at radius 3 is 2.70 bits per heavy atom. The molecule has 0 bridgehead atoms. The molecule has 150 valence electrons. The monoisotopic (exact) mass is 505 g/mol. The van der Waals surface area contributed by atoms with Crippen LogP contribution in [0.25, 0.3) is 6.08 Å². The number of carbonyl (C=O) groups excluding carboxylic acids is 2. The summed E-state index contributed by atoms with van der Waals surface area (Å²) in [6, 6.07) is 12.7. The zero-order chi connectivity index (χ0) is 21.3. The summed E-state index contributed by atoms with van der Waals surface area (Å²) in [5.74, 6) is -0.745. The van der Waals surface area contributed by atoms with Gasteiger partial charge in [0, 0.05) is 15.1 Å². The minimum atomic E-state index is -0.674. The van der Waals surface area contributed by atoms with E-state index in [1.807, 2.05) is 0 Å². The molecular weight excluding hydrogens is 497 g/mol. The van der Waals surface area contributed by atoms with Crippen molar-refractivity contribution in [3.05, 3.63) is 91.9 Å². The van der Waals surface area contributed by atoms with Gasteiger partial charge in [-0.15, -0.1) is 0 Å². The van der Waals surface area contributed by atoms with E-state index in [2.05, 4.69) is 20.9 Å². The second-order valence-electron chi connectivity index (χ2n) is 6.01. The summed E-state index contributed by atoms with van der Waals surface area (Å²) in [5.41, 5.74) is 0.613. The molecule has 0 radical (unpaired) electrons. The van der Waals surface area contributed by atoms with E-state index in [0.717, 1.165) is 0 Å². The van der Waals surface area contributed by atoms with Crippen molar-refractivity contribution in [2.45, 2.75) is 0 Å². The number of hydrogen-bond acceptors (Lipinski definition) is 6. The highest BCUT2D eigenvalue weighted by molar-refractivity contribution is 9.10. The summed E-state index contributed by atoms with van der Waals surface area (Å²) in [6.07, 6.45) is 2.90. The Morgan fingerprint density at radius 2 is 1.97 bits per heavy atom. The quantitative estimate of drug-likeness (QED) is 0.249. The average Bonchev–Trinajstić information content (AvgIpc) is 3.34. The van der Waals surface area contributed by atoms with Crippen LogP contribution in [0.1, 0.15) is 21.7 Å². The molecule has 9 heteroatoms. The van der Waals surface area contributed by atoms with E-state index in [1.165, 1.54) is 30.5 Å². The Kier molecular flexibility index (Phi) is 5.76. The molecule has 1 aliphatic rings. The lowest BCUT2D eigenvalue weighted by Crippen LogP contribution is -2.10. The van der Waals surface area contributed by atoms with Crippen LogP contribution in [0, 0.1) is 0 Å². The summed E-state index contributed by atoms with van der Waals surface area (Å²) in [4.78, 5) is 28.9. The van der Waals surface area contributed by atoms with Crippen molar-refractivity contribution in [1.82, 2.24) is 0 Å². The maximum Gasteiger partial charge on any atom is 0.363 e. The average molecular weight is 507 g/mol. The highest BCUT2D eigenvalue weighted by Gasteiger charge is 2.26. The van der Waals surface area contributed by atoms with Gasteiger partial charge in [0.15, 0.2) is 11.5 Å². The van der Waals surface area contributed by atoms with E-state index in [9.17, 15) is 9.59 Å². The fourth-order valence-corrected chi connectivity index (χ4v) is 3.46. The molecule has 2 aromatic carbocycles. The Morgan fingerprint density at radius 1 is 1.13 bits per heavy atom. The SMILES string of the molecule is O=C1OC(c2ccco2)=N/C1=C/c1cc(Br)ccc1OC(=O)c1ccc(Cl)cc1Cl. The van der Waals surface area contributed by atoms with Gasteiger partial charge >= 0.3 is 11.9 Å². The summed E-state index contributed by atoms with van der Waals surface area (Å²) in [7, 11) is 0. The van der Waals surface area contributed by atoms with Crippen molar-refractivity contribution in [2.75, 3.05) is 0 Å². The van der Waals surface area contributed by atoms with E-state index >= 15 is 0 Å². The van der Waals surface area contributed by atoms with Crippen molar-refractivity contribution in [2.24, 2.45) is 4.99 Å². The maximum atomic E-state index is 12.6. The molecule has 0 amide bonds. The third-order valence-electron chi connectivity index (χ3n) is 3.97. The highest BCUT2D eigenvalue weighted by atomic mass is 79.9. The van der Waals surface area contributed by atoms with Crippen LogP contribution >= 0.6 is 39.1 Å². The number of aliphatic imine (C=N–C) groups is 1. The molecule has 3 aromatic rings. The van der Waals surface area contributed by atoms with Crippen LogP contribution in [0.15, 0.2) is 74.4 Å². The van der Waals surface area contributed by atoms with Gasteiger partial charge < -0.3 is 13.9 Å². The lowest BCUT2D eigenvalue weighted by atomic mass is 10.1. The Labute approximate surface area is 188 Å². The minimum Gasteiger partial charge on any atom is -0.459 e. The molecule has 0 N–H and O–H groups in total. The predicted octanol–water partition coefficient (Wildman–Crippen LogP) is 5.91. The molecule has 0 spiro atoms. The summed E-state index contributed by atoms with van der Waals surface area (Å²) in [6.45, 7) is 0. The zero-order valence-corrected chi connectivity index (χ0v) is 18.0. The van der Waals surface area contributed by atoms with Crippen molar-refractivity contribution >= 4 is 63.0 Å². The van der Waals surface area contributed by atoms with Crippen LogP contribution in [0.3, 0.4) is 0 Å². The van der Waals surface area contributed by atoms with E-state index in [1.54, 1.807) is 30.3 Å². The number of esters is 2. The topological polar surface area (TPSA) is 78.1 Å². The molecule has 0 aliphatic carbocycles. The van der Waals surface area contributed by atoms with Crippen LogP contribution in [0.2, 0.25) is 10.0 Å². The second-order valence-corrected chi connectivity index (χ2v) is 7.77. The molecular formula is C21H10BrCl2NO5. The van der Waals surface area contributed by atoms with Gasteiger partial charge in [0.2, 0.25) is 0 Å². The third-order valence-corrected chi connectivity index (χ3v) is 5.01. The molecule has 0 saturated carbocycles. The number of nitrogens with zero attached hydrogens (tertiary/aromatic N) is 1. The molecule has 4 rings (SSSR count). The standard InChI is InChI=1S/C21H10BrCl2NO5/c22-12-3-6-17(29-20(26)14-5-4-13(23)10-15(14)24)11(8-12)9-16-21(27)30-19(25-16)18-2-1-7-28-18/h1-10H/b16-9+. The van der Waals surface area contributed by atoms with Crippen molar-refractivity contribution in [1.29, 1.82) is 0 Å². The summed E-state index contributed by atoms with van der Waals surface area (Å²) < 4.78 is 16.5. The van der Waals surface area contributed by atoms with Crippen LogP contribution in [-0.4, -0.2) is 17.8 Å². The molecule has 0 unspecified atom stereocenters. The van der Waals surface area contributed by atoms with Crippen molar-refractivity contribution < 1.29 is 23.5 Å². The molecule has 0 atom stereocenters. The van der Waals surface area contributed by atoms with Gasteiger partial charge in [0.25, 0.3) is 5.90 Å². The number of furan rings is 1. The predicted molar refractivity (Wildman–Crippen MR) is 115 cm³/mol. The Balaban J connectivity index is 1.66. The molecule has 1 aromatic heterocycles. The van der Waals surface area contributed by atoms with Gasteiger partial charge in [-0.1, -0.05) is 39.1 Å². The van der Waals surface area contributed by atoms with E-state index in [4.69, 9.17) is 37.1 Å². The van der Waals surface area contributed by atoms with Gasteiger partial charge in [-0.2, -0.15) is 0 Å². The van der Waals surface area contributed by atoms with Gasteiger partial charge in [-0.05, 0) is 54.6 Å². The van der Waals surface area contributed by atoms with Crippen molar-refractivity contribution in [3.8, 4) is 5.75 Å². The lowest BCUT2D eigenvalue weighted by molar-refractivity contribution is -0.130. The van der Waals surface area contributed by atoms with E-state index in [-0.39, 0.29) is 27.9 Å². The summed E-state index contributed by atoms with van der Waals surface area (Å²) in [5, 5.41) is 0.562. The second kappa shape index (κ2) is 8.47. The lowest BCUT2D eigenvalue weighted by Gasteiger charge is -2.09. The first-order valence-corrected chi connectivity index (χ1v) is 9.99. The van der Waals surface area contributed by atoms with E-state index < -0.39 is 11.9 Å². The Bertz CT molecular complexity index is 1220. The smallest absolute Gasteiger partial charge is 0.363 e. The van der Waals surface area contributed by atoms with Crippen LogP contribution < -0.4 is 4.74 Å². The summed E-state index contributed by atoms with van der Waals surface area (Å²) >= 11 is 15.3. The fraction of sp³-hybridized carbons (Fsp3) is 0. The van der Waals surface area contributed by atoms with Gasteiger partial charge in [-0.3, -0.25) is 0 Å². The maximum absolute atomic E-state index is 12.6. The molecule has 0 saturated heterocycles. The van der Waals surface area contributed by atoms with Gasteiger partial charge in [0.1, 0.15) is 5.75 Å². The number of ether oxygens (including phenoxy) is 2. The Hall–Kier alpha value is -2.87. The first-order valence-electron chi connectivity index (χ1n) is 8.44. The van der Waals surface area contributed by atoms with Gasteiger partial charge in [0.05, 0.1) is 16.8 Å². The molecule has 6 nitrogen and oxygen atoms in total. The minimum absolute atomic E-state index is 0.0290. The number of carbonyl (C=O) groups is 2. The number of hydrogen-bond donors (Lipinski definition) is 0. The fourth-order valence-electron chi connectivity index (χ4n) is 2.60. The van der Waals surface area contributed by atoms with Crippen LogP contribution in [-0.2, 0) is 9.53 Å². The number of halogens is 3. The third kappa shape index (κ3) is 4.33.